The zero-order valence-electron chi connectivity index (χ0n) is 11.9. The molecule has 6 heteroatoms. The van der Waals surface area contributed by atoms with Gasteiger partial charge >= 0.3 is 0 Å². The van der Waals surface area contributed by atoms with Crippen LogP contribution >= 0.6 is 24.4 Å². The van der Waals surface area contributed by atoms with E-state index in [1.165, 1.54) is 16.8 Å². The predicted molar refractivity (Wildman–Crippen MR) is 95.0 cm³/mol. The first-order chi connectivity index (χ1) is 10.6. The van der Waals surface area contributed by atoms with Crippen molar-refractivity contribution < 1.29 is 4.79 Å². The number of hydrazine groups is 1. The van der Waals surface area contributed by atoms with E-state index in [2.05, 4.69) is 23.0 Å². The molecule has 22 heavy (non-hydrogen) atoms. The van der Waals surface area contributed by atoms with E-state index >= 15 is 0 Å². The molecule has 2 aromatic carbocycles. The van der Waals surface area contributed by atoms with Gasteiger partial charge in [-0.25, -0.2) is 4.99 Å². The smallest absolute Gasteiger partial charge is 0.289 e. The summed E-state index contributed by atoms with van der Waals surface area (Å²) in [6.07, 6.45) is 1.89. The van der Waals surface area contributed by atoms with Crippen molar-refractivity contribution in [3.05, 3.63) is 66.2 Å². The molecule has 0 radical (unpaired) electrons. The summed E-state index contributed by atoms with van der Waals surface area (Å²) in [5, 5.41) is 2.05. The zero-order valence-corrected chi connectivity index (χ0v) is 13.6. The number of nitrogens with one attached hydrogen (secondary N) is 1. The van der Waals surface area contributed by atoms with E-state index in [9.17, 15) is 4.79 Å². The third kappa shape index (κ3) is 2.60. The van der Waals surface area contributed by atoms with Crippen molar-refractivity contribution in [3.8, 4) is 0 Å². The summed E-state index contributed by atoms with van der Waals surface area (Å²) in [6.45, 7) is 0. The molecule has 1 amide bonds. The molecule has 112 valence electrons. The average Bonchev–Trinajstić information content (AvgIpc) is 2.82. The Kier molecular flexibility index (Phi) is 4.13. The number of carbonyl (C=O) groups excluding carboxylic acids is 1. The number of hydrogen-bond donors (Lipinski definition) is 2. The highest BCUT2D eigenvalue weighted by Crippen LogP contribution is 2.38. The number of carbonyl (C=O) groups is 1. The molecule has 0 aliphatic carbocycles. The van der Waals surface area contributed by atoms with E-state index in [0.29, 0.717) is 5.17 Å². The summed E-state index contributed by atoms with van der Waals surface area (Å²) in [7, 11) is 0. The summed E-state index contributed by atoms with van der Waals surface area (Å²) < 4.78 is 0. The van der Waals surface area contributed by atoms with Crippen LogP contribution < -0.4 is 5.43 Å². The van der Waals surface area contributed by atoms with Crippen LogP contribution in [0.4, 0.5) is 5.69 Å². The lowest BCUT2D eigenvalue weighted by atomic mass is 10.1. The summed E-state index contributed by atoms with van der Waals surface area (Å²) in [4.78, 5) is 16.2. The number of nitrogens with zero attached hydrogens (tertiary/aromatic N) is 2. The molecule has 3 rings (SSSR count). The fourth-order valence-corrected chi connectivity index (χ4v) is 3.17. The Balaban J connectivity index is 1.94. The van der Waals surface area contributed by atoms with Crippen LogP contribution in [0.2, 0.25) is 0 Å². The second-order valence-electron chi connectivity index (χ2n) is 4.76. The van der Waals surface area contributed by atoms with E-state index < -0.39 is 4.87 Å². The predicted octanol–water partition coefficient (Wildman–Crippen LogP) is 3.36. The van der Waals surface area contributed by atoms with Gasteiger partial charge < -0.3 is 0 Å². The number of aliphatic imine (C=N–C) groups is 1. The van der Waals surface area contributed by atoms with Gasteiger partial charge in [0.1, 0.15) is 0 Å². The molecule has 2 aromatic rings. The Morgan fingerprint density at radius 3 is 2.27 bits per heavy atom. The van der Waals surface area contributed by atoms with E-state index in [1.807, 2.05) is 66.9 Å². The van der Waals surface area contributed by atoms with Crippen LogP contribution in [0.3, 0.4) is 0 Å². The maximum atomic E-state index is 12.9. The van der Waals surface area contributed by atoms with E-state index in [1.54, 1.807) is 0 Å². The lowest BCUT2D eigenvalue weighted by Crippen LogP contribution is -2.41. The third-order valence-electron chi connectivity index (χ3n) is 3.32. The summed E-state index contributed by atoms with van der Waals surface area (Å²) in [5.41, 5.74) is 4.68. The molecule has 1 N–H and O–H groups in total. The number of rotatable bonds is 3. The molecular formula is C16H15N3OS2. The molecule has 1 aliphatic heterocycles. The molecule has 0 aromatic heterocycles. The molecule has 1 heterocycles. The van der Waals surface area contributed by atoms with Gasteiger partial charge in [-0.15, -0.1) is 12.6 Å². The second-order valence-corrected chi connectivity index (χ2v) is 6.18. The van der Waals surface area contributed by atoms with Gasteiger partial charge in [-0.1, -0.05) is 60.3 Å². The molecule has 4 nitrogen and oxygen atoms in total. The lowest BCUT2D eigenvalue weighted by molar-refractivity contribution is -0.127. The van der Waals surface area contributed by atoms with Crippen molar-refractivity contribution in [2.24, 2.45) is 4.99 Å². The van der Waals surface area contributed by atoms with Crippen molar-refractivity contribution in [1.29, 1.82) is 0 Å². The Morgan fingerprint density at radius 2 is 1.68 bits per heavy atom. The van der Waals surface area contributed by atoms with Gasteiger partial charge in [0.05, 0.1) is 5.69 Å². The minimum absolute atomic E-state index is 0.213. The van der Waals surface area contributed by atoms with Crippen LogP contribution in [0, 0.1) is 0 Å². The molecule has 0 spiro atoms. The average molecular weight is 329 g/mol. The summed E-state index contributed by atoms with van der Waals surface area (Å²) in [5.74, 6) is -0.213. The van der Waals surface area contributed by atoms with Gasteiger partial charge in [0.2, 0.25) is 4.87 Å². The number of hydrogen-bond acceptors (Lipinski definition) is 5. The zero-order chi connectivity index (χ0) is 15.6. The first kappa shape index (κ1) is 15.0. The van der Waals surface area contributed by atoms with E-state index in [-0.39, 0.29) is 5.91 Å². The number of thioether (sulfide) groups is 1. The van der Waals surface area contributed by atoms with Gasteiger partial charge in [-0.2, -0.15) is 5.01 Å². The van der Waals surface area contributed by atoms with E-state index in [4.69, 9.17) is 0 Å². The van der Waals surface area contributed by atoms with Crippen molar-refractivity contribution in [2.45, 2.75) is 4.87 Å². The Labute approximate surface area is 139 Å². The Bertz CT molecular complexity index is 706. The highest BCUT2D eigenvalue weighted by atomic mass is 32.2. The number of benzene rings is 2. The maximum absolute atomic E-state index is 12.9. The number of para-hydroxylation sites is 1. The van der Waals surface area contributed by atoms with Crippen molar-refractivity contribution in [3.63, 3.8) is 0 Å². The number of anilines is 1. The van der Waals surface area contributed by atoms with Crippen molar-refractivity contribution in [1.82, 2.24) is 5.01 Å². The molecule has 1 atom stereocenters. The van der Waals surface area contributed by atoms with Crippen molar-refractivity contribution in [2.75, 3.05) is 11.7 Å². The summed E-state index contributed by atoms with van der Waals surface area (Å²) in [6, 6.07) is 18.9. The lowest BCUT2D eigenvalue weighted by Gasteiger charge is -2.23. The monoisotopic (exact) mass is 329 g/mol. The van der Waals surface area contributed by atoms with Gasteiger partial charge in [0, 0.05) is 0 Å². The van der Waals surface area contributed by atoms with Crippen LogP contribution in [-0.4, -0.2) is 22.3 Å². The number of amidine groups is 1. The largest absolute Gasteiger partial charge is 0.290 e. The highest BCUT2D eigenvalue weighted by Gasteiger charge is 2.47. The topological polar surface area (TPSA) is 44.7 Å². The van der Waals surface area contributed by atoms with Crippen LogP contribution in [0.5, 0.6) is 0 Å². The van der Waals surface area contributed by atoms with Crippen LogP contribution in [0.15, 0.2) is 65.7 Å². The van der Waals surface area contributed by atoms with Crippen LogP contribution in [0.1, 0.15) is 5.56 Å². The minimum atomic E-state index is -1.19. The highest BCUT2D eigenvalue weighted by molar-refractivity contribution is 8.13. The molecule has 1 aliphatic rings. The molecule has 0 unspecified atom stereocenters. The molecule has 0 bridgehead atoms. The van der Waals surface area contributed by atoms with Gasteiger partial charge in [0.15, 0.2) is 5.17 Å². The first-order valence-corrected chi connectivity index (χ1v) is 8.40. The quantitative estimate of drug-likeness (QED) is 0.849. The van der Waals surface area contributed by atoms with Crippen molar-refractivity contribution >= 4 is 41.2 Å². The first-order valence-electron chi connectivity index (χ1n) is 6.73. The molecular weight excluding hydrogens is 314 g/mol. The van der Waals surface area contributed by atoms with Gasteiger partial charge in [-0.05, 0) is 24.0 Å². The molecule has 0 saturated carbocycles. The van der Waals surface area contributed by atoms with Crippen LogP contribution in [0.25, 0.3) is 0 Å². The SMILES string of the molecule is CSC1=N[C@](S)(c2ccccc2)C(=O)N1Nc1ccccc1. The van der Waals surface area contributed by atoms with E-state index in [0.717, 1.165) is 11.3 Å². The van der Waals surface area contributed by atoms with Gasteiger partial charge in [0.25, 0.3) is 5.91 Å². The third-order valence-corrected chi connectivity index (χ3v) is 4.51. The second kappa shape index (κ2) is 6.06. The number of thiol groups is 1. The molecule has 0 saturated heterocycles. The fraction of sp³-hybridized carbons (Fsp3) is 0.125. The maximum Gasteiger partial charge on any atom is 0.290 e. The normalized spacial score (nSPS) is 20.9. The standard InChI is InChI=1S/C16H15N3OS2/c1-22-15-17-16(21,12-8-4-2-5-9-12)14(20)19(15)18-13-10-6-3-7-11-13/h2-11,18,21H,1H3/t16-/m0/s1. The Hall–Kier alpha value is -1.92. The molecule has 0 fully saturated rings. The summed E-state index contributed by atoms with van der Waals surface area (Å²) >= 11 is 5.98. The Morgan fingerprint density at radius 1 is 1.09 bits per heavy atom. The fourth-order valence-electron chi connectivity index (χ4n) is 2.21. The minimum Gasteiger partial charge on any atom is -0.289 e. The van der Waals surface area contributed by atoms with Crippen LogP contribution in [-0.2, 0) is 9.67 Å². The number of amides is 1. The van der Waals surface area contributed by atoms with Gasteiger partial charge in [-0.3, -0.25) is 10.2 Å².